The molecule has 2 nitrogen and oxygen atoms in total. The van der Waals surface area contributed by atoms with Crippen molar-refractivity contribution in [2.24, 2.45) is 0 Å². The lowest BCUT2D eigenvalue weighted by molar-refractivity contribution is -0.133. The highest BCUT2D eigenvalue weighted by atomic mass is 16.5. The van der Waals surface area contributed by atoms with E-state index in [2.05, 4.69) is 6.07 Å². The van der Waals surface area contributed by atoms with Crippen LogP contribution in [0, 0.1) is 0 Å². The van der Waals surface area contributed by atoms with Crippen LogP contribution in [0.2, 0.25) is 0 Å². The van der Waals surface area contributed by atoms with E-state index in [0.717, 1.165) is 12.8 Å². The Balaban J connectivity index is 2.29. The molecule has 2 rings (SSSR count). The lowest BCUT2D eigenvalue weighted by Gasteiger charge is -2.07. The van der Waals surface area contributed by atoms with E-state index in [4.69, 9.17) is 4.74 Å². The summed E-state index contributed by atoms with van der Waals surface area (Å²) < 4.78 is 4.95. The van der Waals surface area contributed by atoms with Gasteiger partial charge in [0.2, 0.25) is 0 Å². The Morgan fingerprint density at radius 2 is 2.25 bits per heavy atom. The van der Waals surface area contributed by atoms with Crippen LogP contribution in [-0.2, 0) is 16.0 Å². The lowest BCUT2D eigenvalue weighted by Crippen LogP contribution is -1.97. The van der Waals surface area contributed by atoms with E-state index in [1.165, 1.54) is 11.1 Å². The van der Waals surface area contributed by atoms with Crippen LogP contribution < -0.4 is 0 Å². The van der Waals surface area contributed by atoms with Gasteiger partial charge in [-0.05, 0) is 24.0 Å². The smallest absolute Gasteiger partial charge is 0.293 e. The highest BCUT2D eigenvalue weighted by Gasteiger charge is 2.22. The van der Waals surface area contributed by atoms with Gasteiger partial charge in [0.15, 0.2) is 0 Å². The highest BCUT2D eigenvalue weighted by molar-refractivity contribution is 5.41. The second-order valence-electron chi connectivity index (χ2n) is 2.96. The van der Waals surface area contributed by atoms with Gasteiger partial charge in [-0.2, -0.15) is 0 Å². The maximum atomic E-state index is 10.1. The summed E-state index contributed by atoms with van der Waals surface area (Å²) in [7, 11) is 0. The third-order valence-corrected chi connectivity index (χ3v) is 2.30. The SMILES string of the molecule is O=CO[C@@H]1CCc2ccccc21. The zero-order chi connectivity index (χ0) is 8.39. The van der Waals surface area contributed by atoms with Crippen molar-refractivity contribution >= 4 is 6.47 Å². The molecular weight excluding hydrogens is 152 g/mol. The molecule has 1 aliphatic rings. The molecule has 0 radical (unpaired) electrons. The van der Waals surface area contributed by atoms with Gasteiger partial charge in [0.1, 0.15) is 6.10 Å². The minimum atomic E-state index is -0.00120. The molecule has 0 aromatic heterocycles. The number of hydrogen-bond acceptors (Lipinski definition) is 2. The van der Waals surface area contributed by atoms with Crippen molar-refractivity contribution in [3.8, 4) is 0 Å². The van der Waals surface area contributed by atoms with Gasteiger partial charge >= 0.3 is 0 Å². The van der Waals surface area contributed by atoms with Gasteiger partial charge in [-0.15, -0.1) is 0 Å². The molecule has 0 aliphatic heterocycles. The van der Waals surface area contributed by atoms with E-state index >= 15 is 0 Å². The molecule has 1 atom stereocenters. The van der Waals surface area contributed by atoms with Crippen molar-refractivity contribution < 1.29 is 9.53 Å². The van der Waals surface area contributed by atoms with Gasteiger partial charge in [0.05, 0.1) is 0 Å². The largest absolute Gasteiger partial charge is 0.460 e. The Kier molecular flexibility index (Phi) is 1.82. The van der Waals surface area contributed by atoms with Crippen LogP contribution in [-0.4, -0.2) is 6.47 Å². The minimum absolute atomic E-state index is 0.00120. The number of carbonyl (C=O) groups is 1. The van der Waals surface area contributed by atoms with Gasteiger partial charge in [-0.1, -0.05) is 24.3 Å². The predicted octanol–water partition coefficient (Wildman–Crippen LogP) is 1.85. The molecule has 0 bridgehead atoms. The molecule has 0 unspecified atom stereocenters. The first kappa shape index (κ1) is 7.35. The number of benzene rings is 1. The molecule has 0 spiro atoms. The standard InChI is InChI=1S/C10H10O2/c11-7-12-10-6-5-8-3-1-2-4-9(8)10/h1-4,7,10H,5-6H2/t10-/m1/s1. The Hall–Kier alpha value is -1.31. The number of hydrogen-bond donors (Lipinski definition) is 0. The van der Waals surface area contributed by atoms with Crippen molar-refractivity contribution in [1.29, 1.82) is 0 Å². The van der Waals surface area contributed by atoms with Crippen molar-refractivity contribution in [2.45, 2.75) is 18.9 Å². The van der Waals surface area contributed by atoms with E-state index in [9.17, 15) is 4.79 Å². The van der Waals surface area contributed by atoms with Crippen molar-refractivity contribution in [3.05, 3.63) is 35.4 Å². The van der Waals surface area contributed by atoms with Gasteiger partial charge in [-0.25, -0.2) is 0 Å². The molecule has 0 saturated heterocycles. The van der Waals surface area contributed by atoms with Crippen LogP contribution >= 0.6 is 0 Å². The van der Waals surface area contributed by atoms with Gasteiger partial charge in [-0.3, -0.25) is 4.79 Å². The lowest BCUT2D eigenvalue weighted by atomic mass is 10.1. The molecule has 1 aromatic carbocycles. The van der Waals surface area contributed by atoms with Crippen LogP contribution in [0.1, 0.15) is 23.7 Å². The number of carbonyl (C=O) groups excluding carboxylic acids is 1. The number of rotatable bonds is 2. The maximum Gasteiger partial charge on any atom is 0.293 e. The highest BCUT2D eigenvalue weighted by Crippen LogP contribution is 2.32. The number of aryl methyl sites for hydroxylation is 1. The average molecular weight is 162 g/mol. The fraction of sp³-hybridized carbons (Fsp3) is 0.300. The molecule has 12 heavy (non-hydrogen) atoms. The first-order valence-corrected chi connectivity index (χ1v) is 4.08. The summed E-state index contributed by atoms with van der Waals surface area (Å²) in [5.74, 6) is 0. The van der Waals surface area contributed by atoms with Crippen LogP contribution in [0.3, 0.4) is 0 Å². The molecule has 1 aliphatic carbocycles. The summed E-state index contributed by atoms with van der Waals surface area (Å²) in [5.41, 5.74) is 2.48. The van der Waals surface area contributed by atoms with Gasteiger partial charge < -0.3 is 4.74 Å². The molecule has 0 fully saturated rings. The maximum absolute atomic E-state index is 10.1. The van der Waals surface area contributed by atoms with Crippen LogP contribution in [0.5, 0.6) is 0 Å². The Bertz CT molecular complexity index is 294. The third-order valence-electron chi connectivity index (χ3n) is 2.30. The molecule has 0 amide bonds. The molecule has 62 valence electrons. The van der Waals surface area contributed by atoms with Crippen LogP contribution in [0.25, 0.3) is 0 Å². The summed E-state index contributed by atoms with van der Waals surface area (Å²) in [6.07, 6.45) is 1.95. The molecule has 2 heteroatoms. The normalized spacial score (nSPS) is 20.2. The summed E-state index contributed by atoms with van der Waals surface area (Å²) >= 11 is 0. The Morgan fingerprint density at radius 3 is 3.08 bits per heavy atom. The fourth-order valence-corrected chi connectivity index (χ4v) is 1.73. The van der Waals surface area contributed by atoms with E-state index in [1.807, 2.05) is 18.2 Å². The minimum Gasteiger partial charge on any atom is -0.460 e. The molecule has 1 aromatic rings. The second kappa shape index (κ2) is 2.97. The number of ether oxygens (including phenoxy) is 1. The van der Waals surface area contributed by atoms with E-state index < -0.39 is 0 Å². The zero-order valence-electron chi connectivity index (χ0n) is 6.69. The summed E-state index contributed by atoms with van der Waals surface area (Å²) in [6.45, 7) is 0.534. The second-order valence-corrected chi connectivity index (χ2v) is 2.96. The van der Waals surface area contributed by atoms with E-state index in [1.54, 1.807) is 0 Å². The molecule has 0 heterocycles. The van der Waals surface area contributed by atoms with E-state index in [0.29, 0.717) is 6.47 Å². The third kappa shape index (κ3) is 1.09. The first-order chi connectivity index (χ1) is 5.92. The monoisotopic (exact) mass is 162 g/mol. The van der Waals surface area contributed by atoms with Crippen LogP contribution in [0.15, 0.2) is 24.3 Å². The van der Waals surface area contributed by atoms with Gasteiger partial charge in [0, 0.05) is 0 Å². The summed E-state index contributed by atoms with van der Waals surface area (Å²) in [5, 5.41) is 0. The van der Waals surface area contributed by atoms with Crippen LogP contribution in [0.4, 0.5) is 0 Å². The first-order valence-electron chi connectivity index (χ1n) is 4.08. The number of fused-ring (bicyclic) bond motifs is 1. The average Bonchev–Trinajstić information content (AvgIpc) is 2.50. The van der Waals surface area contributed by atoms with Gasteiger partial charge in [0.25, 0.3) is 6.47 Å². The zero-order valence-corrected chi connectivity index (χ0v) is 6.69. The van der Waals surface area contributed by atoms with Crippen molar-refractivity contribution in [2.75, 3.05) is 0 Å². The quantitative estimate of drug-likeness (QED) is 0.620. The van der Waals surface area contributed by atoms with Crippen molar-refractivity contribution in [3.63, 3.8) is 0 Å². The Morgan fingerprint density at radius 1 is 1.42 bits per heavy atom. The molecular formula is C10H10O2. The van der Waals surface area contributed by atoms with E-state index in [-0.39, 0.29) is 6.10 Å². The molecule has 0 N–H and O–H groups in total. The topological polar surface area (TPSA) is 26.3 Å². The summed E-state index contributed by atoms with van der Waals surface area (Å²) in [6, 6.07) is 8.10. The van der Waals surface area contributed by atoms with Crippen molar-refractivity contribution in [1.82, 2.24) is 0 Å². The molecule has 0 saturated carbocycles. The predicted molar refractivity (Wildman–Crippen MR) is 44.7 cm³/mol. The fourth-order valence-electron chi connectivity index (χ4n) is 1.73. The summed E-state index contributed by atoms with van der Waals surface area (Å²) in [4.78, 5) is 10.1. The Labute approximate surface area is 71.2 Å².